The highest BCUT2D eigenvalue weighted by Gasteiger charge is 2.34. The minimum Gasteiger partial charge on any atom is -0.444 e. The monoisotopic (exact) mass is 351 g/mol. The molecule has 1 N–H and O–H groups in total. The van der Waals surface area contributed by atoms with Crippen LogP contribution in [0.2, 0.25) is 0 Å². The summed E-state index contributed by atoms with van der Waals surface area (Å²) in [6.07, 6.45) is 0.925. The molecule has 1 aromatic rings. The van der Waals surface area contributed by atoms with E-state index in [0.717, 1.165) is 12.0 Å². The molecule has 0 spiro atoms. The molecular formula is C19H29NO5. The average molecular weight is 351 g/mol. The smallest absolute Gasteiger partial charge is 0.410 e. The third-order valence-corrected chi connectivity index (χ3v) is 4.00. The van der Waals surface area contributed by atoms with E-state index in [1.807, 2.05) is 51.1 Å². The van der Waals surface area contributed by atoms with Gasteiger partial charge in [0.05, 0.1) is 31.9 Å². The van der Waals surface area contributed by atoms with Gasteiger partial charge in [-0.3, -0.25) is 0 Å². The van der Waals surface area contributed by atoms with E-state index >= 15 is 0 Å². The van der Waals surface area contributed by atoms with Crippen molar-refractivity contribution in [3.63, 3.8) is 0 Å². The van der Waals surface area contributed by atoms with Crippen LogP contribution < -0.4 is 0 Å². The molecule has 1 saturated heterocycles. The number of aliphatic hydroxyl groups excluding tert-OH is 1. The summed E-state index contributed by atoms with van der Waals surface area (Å²) in [6.45, 7) is 6.47. The fourth-order valence-corrected chi connectivity index (χ4v) is 2.74. The minimum atomic E-state index is -0.566. The van der Waals surface area contributed by atoms with Gasteiger partial charge in [-0.25, -0.2) is 4.79 Å². The molecule has 1 aromatic carbocycles. The van der Waals surface area contributed by atoms with Gasteiger partial charge in [0.2, 0.25) is 0 Å². The Morgan fingerprint density at radius 2 is 1.96 bits per heavy atom. The second-order valence-corrected chi connectivity index (χ2v) is 7.29. The van der Waals surface area contributed by atoms with Crippen LogP contribution in [-0.4, -0.2) is 53.8 Å². The zero-order valence-electron chi connectivity index (χ0n) is 15.3. The maximum Gasteiger partial charge on any atom is 0.410 e. The third-order valence-electron chi connectivity index (χ3n) is 4.00. The van der Waals surface area contributed by atoms with Gasteiger partial charge >= 0.3 is 6.09 Å². The lowest BCUT2D eigenvalue weighted by atomic mass is 10.0. The summed E-state index contributed by atoms with van der Waals surface area (Å²) in [5.74, 6) is 0. The third kappa shape index (κ3) is 6.65. The summed E-state index contributed by atoms with van der Waals surface area (Å²) < 4.78 is 16.7. The van der Waals surface area contributed by atoms with E-state index in [9.17, 15) is 9.90 Å². The van der Waals surface area contributed by atoms with E-state index in [2.05, 4.69) is 0 Å². The molecule has 1 heterocycles. The van der Waals surface area contributed by atoms with Crippen molar-refractivity contribution in [1.29, 1.82) is 0 Å². The van der Waals surface area contributed by atoms with Gasteiger partial charge in [-0.15, -0.1) is 0 Å². The Bertz CT molecular complexity index is 528. The maximum absolute atomic E-state index is 12.3. The van der Waals surface area contributed by atoms with Crippen LogP contribution in [0, 0.1) is 0 Å². The summed E-state index contributed by atoms with van der Waals surface area (Å²) in [7, 11) is 0. The van der Waals surface area contributed by atoms with Crippen molar-refractivity contribution >= 4 is 6.09 Å². The van der Waals surface area contributed by atoms with Gasteiger partial charge in [0, 0.05) is 0 Å². The molecular weight excluding hydrogens is 322 g/mol. The van der Waals surface area contributed by atoms with Crippen molar-refractivity contribution in [2.24, 2.45) is 0 Å². The first-order chi connectivity index (χ1) is 11.9. The molecule has 2 rings (SSSR count). The van der Waals surface area contributed by atoms with E-state index in [-0.39, 0.29) is 25.5 Å². The van der Waals surface area contributed by atoms with Crippen LogP contribution in [-0.2, 0) is 20.8 Å². The van der Waals surface area contributed by atoms with E-state index in [1.165, 1.54) is 0 Å². The molecule has 0 unspecified atom stereocenters. The Labute approximate surface area is 149 Å². The van der Waals surface area contributed by atoms with E-state index in [1.54, 1.807) is 4.90 Å². The lowest BCUT2D eigenvalue weighted by Gasteiger charge is -2.39. The first-order valence-corrected chi connectivity index (χ1v) is 8.73. The Kier molecular flexibility index (Phi) is 7.23. The molecule has 140 valence electrons. The number of piperidine rings is 1. The number of carbonyl (C=O) groups excluding carboxylic acids is 1. The largest absolute Gasteiger partial charge is 0.444 e. The highest BCUT2D eigenvalue weighted by molar-refractivity contribution is 5.68. The maximum atomic E-state index is 12.3. The van der Waals surface area contributed by atoms with E-state index in [0.29, 0.717) is 19.6 Å². The molecule has 1 amide bonds. The van der Waals surface area contributed by atoms with Crippen molar-refractivity contribution in [2.45, 2.75) is 58.0 Å². The van der Waals surface area contributed by atoms with Crippen LogP contribution in [0.5, 0.6) is 0 Å². The second kappa shape index (κ2) is 9.17. The predicted octanol–water partition coefficient (Wildman–Crippen LogP) is 2.94. The fraction of sp³-hybridized carbons (Fsp3) is 0.632. The first-order valence-electron chi connectivity index (χ1n) is 8.73. The summed E-state index contributed by atoms with van der Waals surface area (Å²) >= 11 is 0. The topological polar surface area (TPSA) is 68.2 Å². The Hall–Kier alpha value is -1.63. The molecule has 25 heavy (non-hydrogen) atoms. The highest BCUT2D eigenvalue weighted by atomic mass is 16.7. The number of carbonyl (C=O) groups is 1. The van der Waals surface area contributed by atoms with Gasteiger partial charge in [0.25, 0.3) is 0 Å². The molecule has 0 bridgehead atoms. The number of benzene rings is 1. The molecule has 6 heteroatoms. The van der Waals surface area contributed by atoms with Crippen LogP contribution in [0.1, 0.15) is 39.2 Å². The minimum absolute atomic E-state index is 0.0729. The van der Waals surface area contributed by atoms with Gasteiger partial charge in [-0.05, 0) is 39.2 Å². The van der Waals surface area contributed by atoms with Gasteiger partial charge in [-0.1, -0.05) is 30.3 Å². The number of rotatable bonds is 6. The lowest BCUT2D eigenvalue weighted by Crippen LogP contribution is -2.52. The number of aliphatic hydroxyl groups is 1. The number of hydrogen-bond donors (Lipinski definition) is 1. The number of hydrogen-bond acceptors (Lipinski definition) is 5. The van der Waals surface area contributed by atoms with Gasteiger partial charge in [-0.2, -0.15) is 0 Å². The van der Waals surface area contributed by atoms with Crippen LogP contribution in [0.15, 0.2) is 30.3 Å². The SMILES string of the molecule is CC(C)(C)OC(=O)N1C[C@H](OCOCc2ccccc2)CC[C@@H]1CO. The Balaban J connectivity index is 1.79. The molecule has 0 aliphatic carbocycles. The summed E-state index contributed by atoms with van der Waals surface area (Å²) in [5.41, 5.74) is 0.523. The summed E-state index contributed by atoms with van der Waals surface area (Å²) in [6, 6.07) is 9.67. The van der Waals surface area contributed by atoms with Gasteiger partial charge in [0.1, 0.15) is 12.4 Å². The van der Waals surface area contributed by atoms with Crippen molar-refractivity contribution in [2.75, 3.05) is 19.9 Å². The average Bonchev–Trinajstić information content (AvgIpc) is 2.58. The number of ether oxygens (including phenoxy) is 3. The van der Waals surface area contributed by atoms with Gasteiger partial charge < -0.3 is 24.2 Å². The Morgan fingerprint density at radius 1 is 1.24 bits per heavy atom. The normalized spacial score (nSPS) is 21.2. The lowest BCUT2D eigenvalue weighted by molar-refractivity contribution is -0.119. The van der Waals surface area contributed by atoms with Crippen molar-refractivity contribution < 1.29 is 24.1 Å². The van der Waals surface area contributed by atoms with Crippen LogP contribution in [0.4, 0.5) is 4.79 Å². The molecule has 0 radical (unpaired) electrons. The first kappa shape index (κ1) is 19.7. The second-order valence-electron chi connectivity index (χ2n) is 7.29. The Morgan fingerprint density at radius 3 is 2.60 bits per heavy atom. The zero-order valence-corrected chi connectivity index (χ0v) is 15.3. The highest BCUT2D eigenvalue weighted by Crippen LogP contribution is 2.22. The molecule has 6 nitrogen and oxygen atoms in total. The van der Waals surface area contributed by atoms with E-state index in [4.69, 9.17) is 14.2 Å². The predicted molar refractivity (Wildman–Crippen MR) is 94.0 cm³/mol. The van der Waals surface area contributed by atoms with Crippen molar-refractivity contribution in [3.05, 3.63) is 35.9 Å². The summed E-state index contributed by atoms with van der Waals surface area (Å²) in [4.78, 5) is 13.9. The molecule has 1 fully saturated rings. The van der Waals surface area contributed by atoms with E-state index < -0.39 is 11.7 Å². The molecule has 0 aromatic heterocycles. The molecule has 2 atom stereocenters. The quantitative estimate of drug-likeness (QED) is 0.630. The molecule has 1 aliphatic rings. The molecule has 1 aliphatic heterocycles. The zero-order chi connectivity index (χ0) is 18.3. The summed E-state index contributed by atoms with van der Waals surface area (Å²) in [5, 5.41) is 9.52. The number of likely N-dealkylation sites (tertiary alicyclic amines) is 1. The van der Waals surface area contributed by atoms with Crippen molar-refractivity contribution in [3.8, 4) is 0 Å². The fourth-order valence-electron chi connectivity index (χ4n) is 2.74. The van der Waals surface area contributed by atoms with Crippen LogP contribution in [0.3, 0.4) is 0 Å². The number of nitrogens with zero attached hydrogens (tertiary/aromatic N) is 1. The van der Waals surface area contributed by atoms with Crippen molar-refractivity contribution in [1.82, 2.24) is 4.90 Å². The van der Waals surface area contributed by atoms with Crippen LogP contribution in [0.25, 0.3) is 0 Å². The van der Waals surface area contributed by atoms with Crippen LogP contribution >= 0.6 is 0 Å². The number of amides is 1. The molecule has 0 saturated carbocycles. The van der Waals surface area contributed by atoms with Gasteiger partial charge in [0.15, 0.2) is 0 Å². The standard InChI is InChI=1S/C19H29NO5/c1-19(2,3)25-18(22)20-11-17(10-9-16(20)12-21)24-14-23-13-15-7-5-4-6-8-15/h4-8,16-17,21H,9-14H2,1-3H3/t16-,17-/m1/s1.